The molecule has 1 atom stereocenters. The molecule has 0 radical (unpaired) electrons. The molecule has 0 aliphatic heterocycles. The number of nitrogens with one attached hydrogen (secondary N) is 1. The van der Waals surface area contributed by atoms with Crippen LogP contribution in [-0.4, -0.2) is 32.7 Å². The quantitative estimate of drug-likeness (QED) is 0.856. The number of rotatable bonds is 5. The summed E-state index contributed by atoms with van der Waals surface area (Å²) in [5.74, 6) is -0.0117. The summed E-state index contributed by atoms with van der Waals surface area (Å²) in [6, 6.07) is 0. The molecule has 0 spiro atoms. The van der Waals surface area contributed by atoms with Crippen molar-refractivity contribution in [3.63, 3.8) is 0 Å². The molecule has 0 aromatic carbocycles. The summed E-state index contributed by atoms with van der Waals surface area (Å²) >= 11 is 0. The van der Waals surface area contributed by atoms with Crippen LogP contribution in [0.3, 0.4) is 0 Å². The number of aromatic nitrogens is 2. The highest BCUT2D eigenvalue weighted by Crippen LogP contribution is 2.45. The first-order chi connectivity index (χ1) is 9.34. The zero-order valence-electron chi connectivity index (χ0n) is 12.6. The second-order valence-corrected chi connectivity index (χ2v) is 6.54. The van der Waals surface area contributed by atoms with Crippen LogP contribution in [0.5, 0.6) is 0 Å². The Labute approximate surface area is 120 Å². The number of aliphatic hydroxyl groups is 1. The van der Waals surface area contributed by atoms with Crippen molar-refractivity contribution in [3.8, 4) is 0 Å². The Morgan fingerprint density at radius 3 is 2.80 bits per heavy atom. The Hall–Kier alpha value is -1.36. The molecule has 2 N–H and O–H groups in total. The Morgan fingerprint density at radius 1 is 1.50 bits per heavy atom. The number of aryl methyl sites for hydroxylation is 2. The smallest absolute Gasteiger partial charge is 0.220 e. The molecule has 20 heavy (non-hydrogen) atoms. The minimum atomic E-state index is -0.769. The van der Waals surface area contributed by atoms with Gasteiger partial charge in [0.1, 0.15) is 0 Å². The third kappa shape index (κ3) is 3.03. The highest BCUT2D eigenvalue weighted by atomic mass is 16.3. The molecule has 1 aliphatic carbocycles. The first-order valence-corrected chi connectivity index (χ1v) is 7.28. The summed E-state index contributed by atoms with van der Waals surface area (Å²) in [5, 5.41) is 13.5. The molecular weight excluding hydrogens is 254 g/mol. The van der Waals surface area contributed by atoms with E-state index in [0.717, 1.165) is 25.0 Å². The van der Waals surface area contributed by atoms with Crippen molar-refractivity contribution in [2.24, 2.45) is 12.5 Å². The zero-order chi connectivity index (χ0) is 14.8. The Kier molecular flexibility index (Phi) is 4.18. The highest BCUT2D eigenvalue weighted by molar-refractivity contribution is 5.76. The molecule has 5 heteroatoms. The molecule has 1 saturated carbocycles. The van der Waals surface area contributed by atoms with Gasteiger partial charge in [-0.3, -0.25) is 4.79 Å². The average molecular weight is 279 g/mol. The molecule has 1 aromatic heterocycles. The fraction of sp³-hybridized carbons (Fsp3) is 0.733. The largest absolute Gasteiger partial charge is 0.387 e. The number of nitrogens with zero attached hydrogens (tertiary/aromatic N) is 2. The fourth-order valence-electron chi connectivity index (χ4n) is 2.92. The van der Waals surface area contributed by atoms with Gasteiger partial charge in [-0.2, -0.15) is 0 Å². The molecule has 1 amide bonds. The van der Waals surface area contributed by atoms with Crippen molar-refractivity contribution in [2.45, 2.75) is 51.6 Å². The number of carbonyl (C=O) groups is 1. The Balaban J connectivity index is 1.80. The maximum Gasteiger partial charge on any atom is 0.220 e. The molecule has 112 valence electrons. The van der Waals surface area contributed by atoms with E-state index in [1.54, 1.807) is 12.5 Å². The van der Waals surface area contributed by atoms with Crippen LogP contribution in [0.15, 0.2) is 12.5 Å². The molecule has 1 fully saturated rings. The zero-order valence-corrected chi connectivity index (χ0v) is 12.6. The van der Waals surface area contributed by atoms with Gasteiger partial charge in [0.2, 0.25) is 5.91 Å². The normalized spacial score (nSPS) is 24.8. The minimum absolute atomic E-state index is 0.0117. The van der Waals surface area contributed by atoms with Gasteiger partial charge in [-0.25, -0.2) is 4.98 Å². The fourth-order valence-corrected chi connectivity index (χ4v) is 2.92. The topological polar surface area (TPSA) is 67.2 Å². The third-order valence-corrected chi connectivity index (χ3v) is 4.75. The molecule has 0 bridgehead atoms. The molecule has 1 aromatic rings. The molecular formula is C15H25N3O2. The van der Waals surface area contributed by atoms with Crippen LogP contribution in [0, 0.1) is 5.41 Å². The van der Waals surface area contributed by atoms with E-state index in [4.69, 9.17) is 0 Å². The van der Waals surface area contributed by atoms with Gasteiger partial charge in [-0.1, -0.05) is 13.8 Å². The van der Waals surface area contributed by atoms with Crippen molar-refractivity contribution in [2.75, 3.05) is 6.54 Å². The van der Waals surface area contributed by atoms with Crippen LogP contribution in [0.1, 0.15) is 45.2 Å². The summed E-state index contributed by atoms with van der Waals surface area (Å²) in [4.78, 5) is 15.9. The average Bonchev–Trinajstić information content (AvgIpc) is 2.89. The van der Waals surface area contributed by atoms with E-state index < -0.39 is 5.60 Å². The molecule has 0 saturated heterocycles. The first-order valence-electron chi connectivity index (χ1n) is 7.28. The maximum atomic E-state index is 11.9. The summed E-state index contributed by atoms with van der Waals surface area (Å²) in [6.07, 6.45) is 7.41. The lowest BCUT2D eigenvalue weighted by atomic mass is 9.78. The van der Waals surface area contributed by atoms with E-state index in [1.807, 2.05) is 11.6 Å². The molecule has 5 nitrogen and oxygen atoms in total. The summed E-state index contributed by atoms with van der Waals surface area (Å²) in [5.41, 5.74) is 0.150. The molecule has 2 rings (SSSR count). The van der Waals surface area contributed by atoms with Crippen LogP contribution < -0.4 is 5.32 Å². The van der Waals surface area contributed by atoms with Crippen molar-refractivity contribution in [3.05, 3.63) is 18.2 Å². The summed E-state index contributed by atoms with van der Waals surface area (Å²) in [7, 11) is 1.92. The van der Waals surface area contributed by atoms with Gasteiger partial charge in [0.05, 0.1) is 11.9 Å². The van der Waals surface area contributed by atoms with Gasteiger partial charge in [0.15, 0.2) is 0 Å². The number of amides is 1. The van der Waals surface area contributed by atoms with Gasteiger partial charge >= 0.3 is 0 Å². The van der Waals surface area contributed by atoms with Crippen molar-refractivity contribution < 1.29 is 9.90 Å². The molecule has 1 unspecified atom stereocenters. The van der Waals surface area contributed by atoms with Crippen LogP contribution in [0.2, 0.25) is 0 Å². The third-order valence-electron chi connectivity index (χ3n) is 4.75. The number of carbonyl (C=O) groups excluding carboxylic acids is 1. The monoisotopic (exact) mass is 279 g/mol. The predicted octanol–water partition coefficient (Wildman–Crippen LogP) is 1.41. The lowest BCUT2D eigenvalue weighted by Crippen LogP contribution is -2.49. The number of hydrogen-bond acceptors (Lipinski definition) is 3. The van der Waals surface area contributed by atoms with Crippen LogP contribution in [0.4, 0.5) is 0 Å². The van der Waals surface area contributed by atoms with E-state index in [2.05, 4.69) is 24.1 Å². The van der Waals surface area contributed by atoms with Crippen LogP contribution in [-0.2, 0) is 18.3 Å². The molecule has 1 aliphatic rings. The summed E-state index contributed by atoms with van der Waals surface area (Å²) in [6.45, 7) is 4.49. The maximum absolute atomic E-state index is 11.9. The Morgan fingerprint density at radius 2 is 2.25 bits per heavy atom. The van der Waals surface area contributed by atoms with Gasteiger partial charge in [0.25, 0.3) is 0 Å². The van der Waals surface area contributed by atoms with Gasteiger partial charge < -0.3 is 15.0 Å². The lowest BCUT2D eigenvalue weighted by Gasteiger charge is -2.36. The van der Waals surface area contributed by atoms with E-state index in [9.17, 15) is 9.90 Å². The second kappa shape index (κ2) is 5.56. The van der Waals surface area contributed by atoms with E-state index >= 15 is 0 Å². The van der Waals surface area contributed by atoms with Crippen LogP contribution >= 0.6 is 0 Å². The predicted molar refractivity (Wildman–Crippen MR) is 77.1 cm³/mol. The van der Waals surface area contributed by atoms with Crippen molar-refractivity contribution in [1.29, 1.82) is 0 Å². The van der Waals surface area contributed by atoms with Crippen molar-refractivity contribution in [1.82, 2.24) is 14.9 Å². The van der Waals surface area contributed by atoms with Crippen LogP contribution in [0.25, 0.3) is 0 Å². The van der Waals surface area contributed by atoms with Gasteiger partial charge in [-0.05, 0) is 31.1 Å². The SMILES string of the molecule is Cn1cncc1CCC(=O)NCC1(O)CCCC1(C)C. The number of imidazole rings is 1. The highest BCUT2D eigenvalue weighted by Gasteiger charge is 2.47. The molecule has 1 heterocycles. The first kappa shape index (κ1) is 15.0. The minimum Gasteiger partial charge on any atom is -0.387 e. The van der Waals surface area contributed by atoms with E-state index in [1.165, 1.54) is 0 Å². The second-order valence-electron chi connectivity index (χ2n) is 6.54. The lowest BCUT2D eigenvalue weighted by molar-refractivity contribution is -0.123. The Bertz CT molecular complexity index is 481. The number of hydrogen-bond donors (Lipinski definition) is 2. The van der Waals surface area contributed by atoms with Gasteiger partial charge in [0, 0.05) is 31.9 Å². The standard InChI is InChI=1S/C15H25N3O2/c1-14(2)7-4-8-15(14,20)10-17-13(19)6-5-12-9-16-11-18(12)3/h9,11,20H,4-8,10H2,1-3H3,(H,17,19). The van der Waals surface area contributed by atoms with E-state index in [-0.39, 0.29) is 11.3 Å². The van der Waals surface area contributed by atoms with Gasteiger partial charge in [-0.15, -0.1) is 0 Å². The van der Waals surface area contributed by atoms with E-state index in [0.29, 0.717) is 19.4 Å². The van der Waals surface area contributed by atoms with Crippen molar-refractivity contribution >= 4 is 5.91 Å². The summed E-state index contributed by atoms with van der Waals surface area (Å²) < 4.78 is 1.92.